The Labute approximate surface area is 153 Å². The fourth-order valence-electron chi connectivity index (χ4n) is 3.19. The number of carbonyl (C=O) groups is 1. The van der Waals surface area contributed by atoms with Gasteiger partial charge >= 0.3 is 0 Å². The molecule has 1 amide bonds. The van der Waals surface area contributed by atoms with Crippen LogP contribution in [-0.2, 0) is 6.54 Å². The average Bonchev–Trinajstić information content (AvgIpc) is 3.43. The van der Waals surface area contributed by atoms with Crippen molar-refractivity contribution in [1.82, 2.24) is 4.90 Å². The number of nitro groups is 1. The molecule has 2 aromatic rings. The second-order valence-electron chi connectivity index (χ2n) is 7.29. The first-order valence-electron chi connectivity index (χ1n) is 9.02. The zero-order valence-electron chi connectivity index (χ0n) is 15.4. The van der Waals surface area contributed by atoms with Gasteiger partial charge in [0.25, 0.3) is 11.6 Å². The molecular formula is C21H24N2O3. The van der Waals surface area contributed by atoms with Crippen molar-refractivity contribution in [3.63, 3.8) is 0 Å². The zero-order valence-corrected chi connectivity index (χ0v) is 15.4. The summed E-state index contributed by atoms with van der Waals surface area (Å²) < 4.78 is 0. The van der Waals surface area contributed by atoms with E-state index in [-0.39, 0.29) is 23.2 Å². The molecule has 1 aliphatic carbocycles. The van der Waals surface area contributed by atoms with E-state index in [2.05, 4.69) is 26.0 Å². The van der Waals surface area contributed by atoms with E-state index in [1.165, 1.54) is 5.56 Å². The van der Waals surface area contributed by atoms with Gasteiger partial charge in [0, 0.05) is 18.2 Å². The molecule has 0 aromatic heterocycles. The summed E-state index contributed by atoms with van der Waals surface area (Å²) in [6, 6.07) is 13.4. The lowest BCUT2D eigenvalue weighted by Crippen LogP contribution is -2.33. The van der Waals surface area contributed by atoms with Gasteiger partial charge in [-0.15, -0.1) is 0 Å². The summed E-state index contributed by atoms with van der Waals surface area (Å²) in [5.41, 5.74) is 2.91. The van der Waals surface area contributed by atoms with Crippen LogP contribution in [0.4, 0.5) is 5.69 Å². The van der Waals surface area contributed by atoms with Gasteiger partial charge in [0.05, 0.1) is 4.92 Å². The molecule has 0 N–H and O–H groups in total. The maximum Gasteiger partial charge on any atom is 0.285 e. The Balaban J connectivity index is 1.88. The minimum absolute atomic E-state index is 0.0849. The Morgan fingerprint density at radius 3 is 2.38 bits per heavy atom. The number of nitrogens with zero attached hydrogens (tertiary/aromatic N) is 2. The first-order chi connectivity index (χ1) is 12.4. The van der Waals surface area contributed by atoms with Crippen LogP contribution in [0.5, 0.6) is 0 Å². The summed E-state index contributed by atoms with van der Waals surface area (Å²) in [5, 5.41) is 11.4. The van der Waals surface area contributed by atoms with Gasteiger partial charge in [-0.2, -0.15) is 0 Å². The third kappa shape index (κ3) is 3.77. The minimum atomic E-state index is -0.453. The normalized spacial score (nSPS) is 13.7. The van der Waals surface area contributed by atoms with Crippen LogP contribution >= 0.6 is 0 Å². The van der Waals surface area contributed by atoms with E-state index >= 15 is 0 Å². The molecule has 1 fully saturated rings. The van der Waals surface area contributed by atoms with Crippen LogP contribution < -0.4 is 0 Å². The summed E-state index contributed by atoms with van der Waals surface area (Å²) >= 11 is 0. The number of nitro benzene ring substituents is 1. The number of hydrogen-bond acceptors (Lipinski definition) is 3. The Bertz CT molecular complexity index is 824. The van der Waals surface area contributed by atoms with Crippen LogP contribution in [-0.4, -0.2) is 21.8 Å². The van der Waals surface area contributed by atoms with E-state index in [0.29, 0.717) is 18.0 Å². The number of aryl methyl sites for hydroxylation is 1. The molecule has 0 spiro atoms. The Morgan fingerprint density at radius 1 is 1.19 bits per heavy atom. The van der Waals surface area contributed by atoms with Gasteiger partial charge in [0.15, 0.2) is 0 Å². The largest absolute Gasteiger partial charge is 0.331 e. The maximum atomic E-state index is 13.1. The van der Waals surface area contributed by atoms with Crippen molar-refractivity contribution in [2.24, 2.45) is 0 Å². The van der Waals surface area contributed by atoms with Crippen molar-refractivity contribution < 1.29 is 9.72 Å². The van der Waals surface area contributed by atoms with Gasteiger partial charge in [-0.3, -0.25) is 14.9 Å². The Kier molecular flexibility index (Phi) is 5.07. The van der Waals surface area contributed by atoms with Gasteiger partial charge in [0.2, 0.25) is 0 Å². The van der Waals surface area contributed by atoms with Crippen LogP contribution in [0.2, 0.25) is 0 Å². The Hall–Kier alpha value is -2.69. The van der Waals surface area contributed by atoms with E-state index < -0.39 is 4.92 Å². The van der Waals surface area contributed by atoms with E-state index in [9.17, 15) is 14.9 Å². The van der Waals surface area contributed by atoms with Crippen LogP contribution in [0.15, 0.2) is 42.5 Å². The SMILES string of the molecule is Cc1cccc(C(=O)N(Cc2ccc(C(C)C)cc2)C2CC2)c1[N+](=O)[O-]. The van der Waals surface area contributed by atoms with Gasteiger partial charge in [-0.05, 0) is 42.9 Å². The van der Waals surface area contributed by atoms with Crippen LogP contribution in [0.1, 0.15) is 59.7 Å². The van der Waals surface area contributed by atoms with Crippen molar-refractivity contribution in [1.29, 1.82) is 0 Å². The summed E-state index contributed by atoms with van der Waals surface area (Å²) in [5.74, 6) is 0.205. The van der Waals surface area contributed by atoms with Crippen LogP contribution in [0.25, 0.3) is 0 Å². The summed E-state index contributed by atoms with van der Waals surface area (Å²) in [6.45, 7) is 6.44. The second kappa shape index (κ2) is 7.28. The molecular weight excluding hydrogens is 328 g/mol. The van der Waals surface area contributed by atoms with Crippen molar-refractivity contribution in [3.8, 4) is 0 Å². The highest BCUT2D eigenvalue weighted by molar-refractivity contribution is 5.99. The fraction of sp³-hybridized carbons (Fsp3) is 0.381. The van der Waals surface area contributed by atoms with Crippen molar-refractivity contribution in [2.45, 2.75) is 52.1 Å². The number of carbonyl (C=O) groups excluding carboxylic acids is 1. The van der Waals surface area contributed by atoms with Gasteiger partial charge in [-0.25, -0.2) is 0 Å². The number of rotatable bonds is 6. The standard InChI is InChI=1S/C21H24N2O3/c1-14(2)17-9-7-16(8-10-17)13-22(18-11-12-18)21(24)19-6-4-5-15(3)20(19)23(25)26/h4-10,14,18H,11-13H2,1-3H3. The molecule has 3 rings (SSSR count). The Morgan fingerprint density at radius 2 is 1.85 bits per heavy atom. The summed E-state index contributed by atoms with van der Waals surface area (Å²) in [7, 11) is 0. The molecule has 136 valence electrons. The molecule has 0 aliphatic heterocycles. The second-order valence-corrected chi connectivity index (χ2v) is 7.29. The van der Waals surface area contributed by atoms with Gasteiger partial charge in [-0.1, -0.05) is 50.2 Å². The molecule has 0 radical (unpaired) electrons. The molecule has 0 atom stereocenters. The predicted octanol–water partition coefficient (Wildman–Crippen LogP) is 4.83. The molecule has 0 saturated heterocycles. The zero-order chi connectivity index (χ0) is 18.8. The lowest BCUT2D eigenvalue weighted by molar-refractivity contribution is -0.385. The number of para-hydroxylation sites is 1. The third-order valence-corrected chi connectivity index (χ3v) is 4.90. The van der Waals surface area contributed by atoms with Crippen molar-refractivity contribution in [3.05, 3.63) is 74.8 Å². The van der Waals surface area contributed by atoms with E-state index in [0.717, 1.165) is 18.4 Å². The highest BCUT2D eigenvalue weighted by Gasteiger charge is 2.36. The van der Waals surface area contributed by atoms with Crippen LogP contribution in [0.3, 0.4) is 0 Å². The predicted molar refractivity (Wildman–Crippen MR) is 101 cm³/mol. The van der Waals surface area contributed by atoms with Crippen molar-refractivity contribution in [2.75, 3.05) is 0 Å². The summed E-state index contributed by atoms with van der Waals surface area (Å²) in [4.78, 5) is 25.9. The smallest absolute Gasteiger partial charge is 0.285 e. The number of amides is 1. The molecule has 1 aliphatic rings. The highest BCUT2D eigenvalue weighted by atomic mass is 16.6. The third-order valence-electron chi connectivity index (χ3n) is 4.90. The topological polar surface area (TPSA) is 63.5 Å². The number of benzene rings is 2. The first-order valence-corrected chi connectivity index (χ1v) is 9.02. The molecule has 5 heteroatoms. The average molecular weight is 352 g/mol. The fourth-order valence-corrected chi connectivity index (χ4v) is 3.19. The van der Waals surface area contributed by atoms with Crippen LogP contribution in [0, 0.1) is 17.0 Å². The first kappa shape index (κ1) is 18.1. The van der Waals surface area contributed by atoms with E-state index in [1.54, 1.807) is 30.0 Å². The quantitative estimate of drug-likeness (QED) is 0.552. The van der Waals surface area contributed by atoms with E-state index in [4.69, 9.17) is 0 Å². The lowest BCUT2D eigenvalue weighted by atomic mass is 10.0. The van der Waals surface area contributed by atoms with Crippen molar-refractivity contribution >= 4 is 11.6 Å². The molecule has 0 heterocycles. The monoisotopic (exact) mass is 352 g/mol. The molecule has 0 unspecified atom stereocenters. The molecule has 26 heavy (non-hydrogen) atoms. The molecule has 1 saturated carbocycles. The molecule has 0 bridgehead atoms. The van der Waals surface area contributed by atoms with Gasteiger partial charge in [0.1, 0.15) is 5.56 Å². The van der Waals surface area contributed by atoms with Gasteiger partial charge < -0.3 is 4.90 Å². The summed E-state index contributed by atoms with van der Waals surface area (Å²) in [6.07, 6.45) is 1.91. The maximum absolute atomic E-state index is 13.1. The highest BCUT2D eigenvalue weighted by Crippen LogP contribution is 2.32. The number of hydrogen-bond donors (Lipinski definition) is 0. The minimum Gasteiger partial charge on any atom is -0.331 e. The van der Waals surface area contributed by atoms with E-state index in [1.807, 2.05) is 12.1 Å². The molecule has 2 aromatic carbocycles. The molecule has 5 nitrogen and oxygen atoms in total. The lowest BCUT2D eigenvalue weighted by Gasteiger charge is -2.23.